The lowest BCUT2D eigenvalue weighted by molar-refractivity contribution is -0.139. The Morgan fingerprint density at radius 1 is 1.44 bits per heavy atom. The molecule has 18 heavy (non-hydrogen) atoms. The van der Waals surface area contributed by atoms with Crippen LogP contribution in [0.15, 0.2) is 11.1 Å². The van der Waals surface area contributed by atoms with E-state index >= 15 is 0 Å². The molecule has 0 aromatic rings. The minimum absolute atomic E-state index is 0.280. The first-order valence-corrected chi connectivity index (χ1v) is 7.40. The van der Waals surface area contributed by atoms with Crippen LogP contribution in [0.4, 0.5) is 0 Å². The smallest absolute Gasteiger partial charge is 0.334 e. The Kier molecular flexibility index (Phi) is 7.43. The number of ether oxygens (including phenoxy) is 1. The van der Waals surface area contributed by atoms with E-state index in [2.05, 4.69) is 0 Å². The average Bonchev–Trinajstić information content (AvgIpc) is 2.24. The summed E-state index contributed by atoms with van der Waals surface area (Å²) in [4.78, 5) is 12.1. The van der Waals surface area contributed by atoms with E-state index in [4.69, 9.17) is 9.84 Å². The van der Waals surface area contributed by atoms with Gasteiger partial charge in [0, 0.05) is 15.8 Å². The highest BCUT2D eigenvalue weighted by atomic mass is 28.1. The topological polar surface area (TPSA) is 66.8 Å². The number of carbonyl (C=O) groups excluding carboxylic acids is 1. The summed E-state index contributed by atoms with van der Waals surface area (Å²) >= 11 is 0. The number of allylic oxidation sites excluding steroid dienone is 1. The summed E-state index contributed by atoms with van der Waals surface area (Å²) in [5.74, 6) is -0.292. The third kappa shape index (κ3) is 5.33. The Morgan fingerprint density at radius 3 is 2.39 bits per heavy atom. The Morgan fingerprint density at radius 2 is 2.00 bits per heavy atom. The fraction of sp³-hybridized carbons (Fsp3) is 0.769. The third-order valence-electron chi connectivity index (χ3n) is 2.77. The number of esters is 1. The van der Waals surface area contributed by atoms with E-state index in [0.717, 1.165) is 12.0 Å². The lowest BCUT2D eigenvalue weighted by Crippen LogP contribution is -2.28. The Hall–Kier alpha value is -0.653. The Balaban J connectivity index is 5.01. The molecule has 0 radical (unpaired) electrons. The number of hydrogen-bond donors (Lipinski definition) is 2. The maximum atomic E-state index is 12.1. The van der Waals surface area contributed by atoms with Crippen LogP contribution in [0.1, 0.15) is 40.5 Å². The normalized spacial score (nSPS) is 15.9. The van der Waals surface area contributed by atoms with E-state index in [1.54, 1.807) is 0 Å². The highest BCUT2D eigenvalue weighted by molar-refractivity contribution is 6.21. The summed E-state index contributed by atoms with van der Waals surface area (Å²) in [6.07, 6.45) is 0.386. The monoisotopic (exact) mass is 274 g/mol. The van der Waals surface area contributed by atoms with Crippen LogP contribution in [0.5, 0.6) is 0 Å². The molecule has 106 valence electrons. The van der Waals surface area contributed by atoms with E-state index in [1.807, 2.05) is 27.7 Å². The van der Waals surface area contributed by atoms with Crippen LogP contribution in [-0.4, -0.2) is 45.7 Å². The number of hydrogen-bond acceptors (Lipinski definition) is 4. The fourth-order valence-electron chi connectivity index (χ4n) is 2.18. The standard InChI is InChI=1S/C13H26O4Si/c1-5-6-17-12(16)11(9(2)3)13(4,18)7-10(15)8-14/h10,14-15H,5-8H2,1-4,18H3. The highest BCUT2D eigenvalue weighted by Gasteiger charge is 2.32. The molecule has 0 fully saturated rings. The van der Waals surface area contributed by atoms with E-state index in [1.165, 1.54) is 0 Å². The molecule has 0 amide bonds. The molecule has 0 aromatic heterocycles. The molecule has 0 aliphatic heterocycles. The molecule has 0 aliphatic carbocycles. The Bertz CT molecular complexity index is 306. The van der Waals surface area contributed by atoms with Crippen LogP contribution in [0, 0.1) is 0 Å². The van der Waals surface area contributed by atoms with Crippen molar-refractivity contribution in [2.24, 2.45) is 0 Å². The van der Waals surface area contributed by atoms with Crippen LogP contribution >= 0.6 is 0 Å². The van der Waals surface area contributed by atoms with Gasteiger partial charge in [-0.1, -0.05) is 19.4 Å². The number of rotatable bonds is 7. The lowest BCUT2D eigenvalue weighted by Gasteiger charge is -2.30. The van der Waals surface area contributed by atoms with Gasteiger partial charge in [0.15, 0.2) is 0 Å². The van der Waals surface area contributed by atoms with E-state index in [0.29, 0.717) is 28.8 Å². The van der Waals surface area contributed by atoms with Gasteiger partial charge in [-0.15, -0.1) is 0 Å². The van der Waals surface area contributed by atoms with Gasteiger partial charge in [0.2, 0.25) is 0 Å². The SMILES string of the molecule is CCCOC(=O)C(=C(C)C)C(C)([SiH3])CC(O)CO. The molecule has 2 atom stereocenters. The molecule has 0 saturated carbocycles. The zero-order chi connectivity index (χ0) is 14.3. The van der Waals surface area contributed by atoms with Crippen molar-refractivity contribution in [3.63, 3.8) is 0 Å². The van der Waals surface area contributed by atoms with Gasteiger partial charge >= 0.3 is 5.97 Å². The van der Waals surface area contributed by atoms with E-state index in [9.17, 15) is 9.90 Å². The quantitative estimate of drug-likeness (QED) is 0.404. The largest absolute Gasteiger partial charge is 0.462 e. The van der Waals surface area contributed by atoms with E-state index in [-0.39, 0.29) is 17.6 Å². The second kappa shape index (κ2) is 7.71. The van der Waals surface area contributed by atoms with Crippen LogP contribution < -0.4 is 0 Å². The zero-order valence-corrected chi connectivity index (χ0v) is 14.1. The molecular weight excluding hydrogens is 248 g/mol. The van der Waals surface area contributed by atoms with Crippen molar-refractivity contribution in [1.29, 1.82) is 0 Å². The molecule has 2 unspecified atom stereocenters. The summed E-state index contributed by atoms with van der Waals surface area (Å²) < 4.78 is 5.20. The van der Waals surface area contributed by atoms with Gasteiger partial charge < -0.3 is 14.9 Å². The first-order chi connectivity index (χ1) is 8.26. The highest BCUT2D eigenvalue weighted by Crippen LogP contribution is 2.38. The zero-order valence-electron chi connectivity index (χ0n) is 12.1. The van der Waals surface area contributed by atoms with Gasteiger partial charge in [0.1, 0.15) is 0 Å². The molecular formula is C13H26O4Si. The van der Waals surface area contributed by atoms with Gasteiger partial charge in [0.25, 0.3) is 0 Å². The molecule has 0 heterocycles. The van der Waals surface area contributed by atoms with Crippen molar-refractivity contribution >= 4 is 16.2 Å². The van der Waals surface area contributed by atoms with Crippen molar-refractivity contribution in [1.82, 2.24) is 0 Å². The molecule has 0 aromatic carbocycles. The van der Waals surface area contributed by atoms with Crippen molar-refractivity contribution < 1.29 is 19.7 Å². The molecule has 0 bridgehead atoms. The maximum Gasteiger partial charge on any atom is 0.334 e. The first kappa shape index (κ1) is 17.3. The average molecular weight is 274 g/mol. The molecule has 5 heteroatoms. The van der Waals surface area contributed by atoms with Crippen molar-refractivity contribution in [3.8, 4) is 0 Å². The summed E-state index contributed by atoms with van der Waals surface area (Å²) in [6, 6.07) is 0. The van der Waals surface area contributed by atoms with Gasteiger partial charge in [-0.3, -0.25) is 0 Å². The Labute approximate surface area is 112 Å². The summed E-state index contributed by atoms with van der Waals surface area (Å²) in [7, 11) is 0.708. The number of aliphatic hydroxyl groups is 2. The lowest BCUT2D eigenvalue weighted by atomic mass is 9.90. The van der Waals surface area contributed by atoms with Gasteiger partial charge in [-0.05, 0) is 31.7 Å². The first-order valence-electron chi connectivity index (χ1n) is 6.40. The van der Waals surface area contributed by atoms with Crippen LogP contribution in [0.2, 0.25) is 5.04 Å². The number of aliphatic hydroxyl groups excluding tert-OH is 2. The molecule has 0 spiro atoms. The molecule has 2 N–H and O–H groups in total. The summed E-state index contributed by atoms with van der Waals surface area (Å²) in [6.45, 7) is 7.78. The molecule has 0 rings (SSSR count). The van der Waals surface area contributed by atoms with Gasteiger partial charge in [0.05, 0.1) is 19.3 Å². The van der Waals surface area contributed by atoms with Crippen LogP contribution in [0.3, 0.4) is 0 Å². The van der Waals surface area contributed by atoms with Gasteiger partial charge in [-0.2, -0.15) is 0 Å². The fourth-order valence-corrected chi connectivity index (χ4v) is 3.36. The van der Waals surface area contributed by atoms with Gasteiger partial charge in [-0.25, -0.2) is 4.79 Å². The van der Waals surface area contributed by atoms with Crippen LogP contribution in [0.25, 0.3) is 0 Å². The van der Waals surface area contributed by atoms with Crippen LogP contribution in [-0.2, 0) is 9.53 Å². The maximum absolute atomic E-state index is 12.1. The van der Waals surface area contributed by atoms with Crippen molar-refractivity contribution in [3.05, 3.63) is 11.1 Å². The summed E-state index contributed by atoms with van der Waals surface area (Å²) in [5, 5.41) is 18.1. The van der Waals surface area contributed by atoms with E-state index < -0.39 is 6.10 Å². The minimum Gasteiger partial charge on any atom is -0.462 e. The second-order valence-electron chi connectivity index (χ2n) is 5.44. The summed E-state index contributed by atoms with van der Waals surface area (Å²) in [5.41, 5.74) is 1.56. The molecule has 0 saturated heterocycles. The minimum atomic E-state index is -0.791. The van der Waals surface area contributed by atoms with Crippen molar-refractivity contribution in [2.75, 3.05) is 13.2 Å². The molecule has 4 nitrogen and oxygen atoms in total. The predicted octanol–water partition coefficient (Wildman–Crippen LogP) is 0.563. The third-order valence-corrected chi connectivity index (χ3v) is 3.68. The molecule has 0 aliphatic rings. The predicted molar refractivity (Wildman–Crippen MR) is 75.6 cm³/mol. The second-order valence-corrected chi connectivity index (χ2v) is 7.64. The van der Waals surface area contributed by atoms with Crippen molar-refractivity contribution in [2.45, 2.75) is 51.7 Å². The number of carbonyl (C=O) groups is 1.